The minimum atomic E-state index is -0.246. The SMILES string of the molecule is O=C(NCc1ccc(N2CCNC2=O)cc1)c1cc2ccccc2cc1NC(=O)C1CC1. The molecule has 4 amide bonds. The van der Waals surface area contributed by atoms with Gasteiger partial charge in [0.15, 0.2) is 0 Å². The Labute approximate surface area is 185 Å². The lowest BCUT2D eigenvalue weighted by atomic mass is 10.0. The molecule has 5 rings (SSSR count). The van der Waals surface area contributed by atoms with E-state index in [-0.39, 0.29) is 23.8 Å². The van der Waals surface area contributed by atoms with Gasteiger partial charge in [0.2, 0.25) is 5.91 Å². The van der Waals surface area contributed by atoms with Crippen molar-refractivity contribution in [3.63, 3.8) is 0 Å². The van der Waals surface area contributed by atoms with Gasteiger partial charge in [-0.1, -0.05) is 36.4 Å². The van der Waals surface area contributed by atoms with Crippen LogP contribution in [0.2, 0.25) is 0 Å². The number of carbonyl (C=O) groups is 3. The van der Waals surface area contributed by atoms with Crippen LogP contribution in [0.4, 0.5) is 16.2 Å². The van der Waals surface area contributed by atoms with Gasteiger partial charge in [0.05, 0.1) is 11.3 Å². The van der Waals surface area contributed by atoms with Crippen molar-refractivity contribution in [1.29, 1.82) is 0 Å². The Bertz CT molecular complexity index is 1200. The largest absolute Gasteiger partial charge is 0.348 e. The van der Waals surface area contributed by atoms with Crippen molar-refractivity contribution in [2.24, 2.45) is 5.92 Å². The molecule has 3 N–H and O–H groups in total. The van der Waals surface area contributed by atoms with Crippen LogP contribution in [-0.2, 0) is 11.3 Å². The number of carbonyl (C=O) groups excluding carboxylic acids is 3. The van der Waals surface area contributed by atoms with E-state index < -0.39 is 0 Å². The second kappa shape index (κ2) is 8.34. The van der Waals surface area contributed by atoms with Crippen molar-refractivity contribution < 1.29 is 14.4 Å². The van der Waals surface area contributed by atoms with Crippen molar-refractivity contribution in [2.75, 3.05) is 23.3 Å². The first-order valence-corrected chi connectivity index (χ1v) is 10.8. The van der Waals surface area contributed by atoms with Crippen LogP contribution in [-0.4, -0.2) is 30.9 Å². The summed E-state index contributed by atoms with van der Waals surface area (Å²) in [4.78, 5) is 38.9. The van der Waals surface area contributed by atoms with Crippen LogP contribution in [0.5, 0.6) is 0 Å². The molecule has 1 saturated carbocycles. The van der Waals surface area contributed by atoms with Gasteiger partial charge in [0.25, 0.3) is 5.91 Å². The van der Waals surface area contributed by atoms with E-state index in [1.807, 2.05) is 60.7 Å². The molecule has 7 heteroatoms. The maximum Gasteiger partial charge on any atom is 0.321 e. The molecule has 2 fully saturated rings. The molecule has 162 valence electrons. The Hall–Kier alpha value is -3.87. The smallest absolute Gasteiger partial charge is 0.321 e. The van der Waals surface area contributed by atoms with E-state index >= 15 is 0 Å². The van der Waals surface area contributed by atoms with Crippen LogP contribution >= 0.6 is 0 Å². The van der Waals surface area contributed by atoms with Crippen LogP contribution < -0.4 is 20.9 Å². The number of anilines is 2. The highest BCUT2D eigenvalue weighted by atomic mass is 16.2. The quantitative estimate of drug-likeness (QED) is 0.560. The zero-order chi connectivity index (χ0) is 22.1. The number of fused-ring (bicyclic) bond motifs is 1. The Morgan fingerprint density at radius 2 is 1.72 bits per heavy atom. The number of hydrogen-bond acceptors (Lipinski definition) is 3. The van der Waals surface area contributed by atoms with E-state index in [0.717, 1.165) is 34.9 Å². The van der Waals surface area contributed by atoms with Crippen molar-refractivity contribution in [1.82, 2.24) is 10.6 Å². The highest BCUT2D eigenvalue weighted by Crippen LogP contribution is 2.32. The summed E-state index contributed by atoms with van der Waals surface area (Å²) in [6.07, 6.45) is 1.80. The molecular formula is C25H24N4O3. The average molecular weight is 428 g/mol. The first-order valence-electron chi connectivity index (χ1n) is 10.8. The molecule has 0 unspecified atom stereocenters. The van der Waals surface area contributed by atoms with E-state index in [2.05, 4.69) is 16.0 Å². The van der Waals surface area contributed by atoms with Gasteiger partial charge >= 0.3 is 6.03 Å². The van der Waals surface area contributed by atoms with Gasteiger partial charge in [-0.25, -0.2) is 4.79 Å². The van der Waals surface area contributed by atoms with E-state index in [0.29, 0.717) is 30.9 Å². The molecule has 0 aromatic heterocycles. The summed E-state index contributed by atoms with van der Waals surface area (Å²) in [6.45, 7) is 1.63. The van der Waals surface area contributed by atoms with Crippen LogP contribution in [0.1, 0.15) is 28.8 Å². The molecule has 3 aromatic rings. The Morgan fingerprint density at radius 3 is 2.38 bits per heavy atom. The number of benzene rings is 3. The molecule has 3 aromatic carbocycles. The number of amides is 4. The summed E-state index contributed by atoms with van der Waals surface area (Å²) in [7, 11) is 0. The normalized spacial score (nSPS) is 15.5. The molecule has 2 aliphatic rings. The third kappa shape index (κ3) is 4.14. The maximum absolute atomic E-state index is 13.0. The van der Waals surface area contributed by atoms with E-state index in [4.69, 9.17) is 0 Å². The number of rotatable bonds is 6. The third-order valence-electron chi connectivity index (χ3n) is 5.89. The topological polar surface area (TPSA) is 90.5 Å². The van der Waals surface area contributed by atoms with Crippen molar-refractivity contribution >= 4 is 40.0 Å². The third-order valence-corrected chi connectivity index (χ3v) is 5.89. The van der Waals surface area contributed by atoms with Gasteiger partial charge in [-0.15, -0.1) is 0 Å². The minimum absolute atomic E-state index is 0.0316. The van der Waals surface area contributed by atoms with Crippen molar-refractivity contribution in [3.8, 4) is 0 Å². The summed E-state index contributed by atoms with van der Waals surface area (Å²) in [5, 5.41) is 10.6. The fourth-order valence-electron chi connectivity index (χ4n) is 3.90. The summed E-state index contributed by atoms with van der Waals surface area (Å²) >= 11 is 0. The highest BCUT2D eigenvalue weighted by molar-refractivity contribution is 6.08. The number of nitrogens with zero attached hydrogens (tertiary/aromatic N) is 1. The zero-order valence-corrected chi connectivity index (χ0v) is 17.6. The standard InChI is InChI=1S/C25H24N4O3/c30-23(17-7-8-17)28-22-14-19-4-2-1-3-18(19)13-21(22)24(31)27-15-16-5-9-20(10-6-16)29-12-11-26-25(29)32/h1-6,9-10,13-14,17H,7-8,11-12,15H2,(H,26,32)(H,27,31)(H,28,30). The van der Waals surface area contributed by atoms with Crippen LogP contribution in [0.15, 0.2) is 60.7 Å². The molecule has 7 nitrogen and oxygen atoms in total. The second-order valence-corrected chi connectivity index (χ2v) is 8.24. The maximum atomic E-state index is 13.0. The molecule has 0 bridgehead atoms. The highest BCUT2D eigenvalue weighted by Gasteiger charge is 2.30. The molecule has 1 aliphatic carbocycles. The van der Waals surface area contributed by atoms with Gasteiger partial charge in [-0.05, 0) is 53.4 Å². The van der Waals surface area contributed by atoms with Crippen LogP contribution in [0.3, 0.4) is 0 Å². The molecular weight excluding hydrogens is 404 g/mol. The van der Waals surface area contributed by atoms with Crippen molar-refractivity contribution in [2.45, 2.75) is 19.4 Å². The van der Waals surface area contributed by atoms with Gasteiger partial charge in [-0.2, -0.15) is 0 Å². The zero-order valence-electron chi connectivity index (χ0n) is 17.6. The van der Waals surface area contributed by atoms with Crippen molar-refractivity contribution in [3.05, 3.63) is 71.8 Å². The molecule has 0 spiro atoms. The van der Waals surface area contributed by atoms with Crippen LogP contribution in [0, 0.1) is 5.92 Å². The van der Waals surface area contributed by atoms with Crippen LogP contribution in [0.25, 0.3) is 10.8 Å². The second-order valence-electron chi connectivity index (χ2n) is 8.24. The minimum Gasteiger partial charge on any atom is -0.348 e. The summed E-state index contributed by atoms with van der Waals surface area (Å²) in [5.41, 5.74) is 2.73. The predicted octanol–water partition coefficient (Wildman–Crippen LogP) is 3.65. The van der Waals surface area contributed by atoms with E-state index in [1.165, 1.54) is 0 Å². The van der Waals surface area contributed by atoms with E-state index in [9.17, 15) is 14.4 Å². The number of hydrogen-bond donors (Lipinski definition) is 3. The molecule has 1 heterocycles. The lowest BCUT2D eigenvalue weighted by Gasteiger charge is -2.15. The average Bonchev–Trinajstić information content (AvgIpc) is 3.58. The van der Waals surface area contributed by atoms with Gasteiger partial charge in [-0.3, -0.25) is 14.5 Å². The molecule has 0 radical (unpaired) electrons. The molecule has 1 saturated heterocycles. The predicted molar refractivity (Wildman–Crippen MR) is 124 cm³/mol. The Morgan fingerprint density at radius 1 is 1.00 bits per heavy atom. The first kappa shape index (κ1) is 20.1. The Balaban J connectivity index is 1.32. The molecule has 1 aliphatic heterocycles. The first-order chi connectivity index (χ1) is 15.6. The molecule has 32 heavy (non-hydrogen) atoms. The fourth-order valence-corrected chi connectivity index (χ4v) is 3.90. The van der Waals surface area contributed by atoms with Gasteiger partial charge in [0, 0.05) is 31.2 Å². The number of nitrogens with one attached hydrogen (secondary N) is 3. The van der Waals surface area contributed by atoms with Gasteiger partial charge in [0.1, 0.15) is 0 Å². The fraction of sp³-hybridized carbons (Fsp3) is 0.240. The lowest BCUT2D eigenvalue weighted by molar-refractivity contribution is -0.117. The monoisotopic (exact) mass is 428 g/mol. The number of urea groups is 1. The summed E-state index contributed by atoms with van der Waals surface area (Å²) in [5.74, 6) is -0.227. The molecule has 0 atom stereocenters. The Kier molecular flexibility index (Phi) is 5.23. The van der Waals surface area contributed by atoms with E-state index in [1.54, 1.807) is 4.90 Å². The van der Waals surface area contributed by atoms with Gasteiger partial charge < -0.3 is 16.0 Å². The summed E-state index contributed by atoms with van der Waals surface area (Å²) < 4.78 is 0. The summed E-state index contributed by atoms with van der Waals surface area (Å²) in [6, 6.07) is 18.9. The lowest BCUT2D eigenvalue weighted by Crippen LogP contribution is -2.27.